The maximum absolute atomic E-state index is 11.4. The predicted molar refractivity (Wildman–Crippen MR) is 181 cm³/mol. The van der Waals surface area contributed by atoms with Gasteiger partial charge in [-0.25, -0.2) is 10.5 Å². The molecule has 2 fully saturated rings. The zero-order chi connectivity index (χ0) is 31.5. The van der Waals surface area contributed by atoms with Gasteiger partial charge in [0.15, 0.2) is 0 Å². The van der Waals surface area contributed by atoms with Gasteiger partial charge in [-0.2, -0.15) is 10.1 Å². The van der Waals surface area contributed by atoms with Crippen LogP contribution in [0.1, 0.15) is 70.6 Å². The zero-order valence-electron chi connectivity index (χ0n) is 27.1. The summed E-state index contributed by atoms with van der Waals surface area (Å²) in [4.78, 5) is 23.3. The number of aromatic nitrogens is 2. The summed E-state index contributed by atoms with van der Waals surface area (Å²) < 4.78 is 4.75. The number of nitrogens with zero attached hydrogens (tertiary/aromatic N) is 4. The smallest absolute Gasteiger partial charge is 0.305 e. The third kappa shape index (κ3) is 12.5. The van der Waals surface area contributed by atoms with Crippen LogP contribution in [0.4, 0.5) is 11.8 Å². The maximum Gasteiger partial charge on any atom is 0.305 e. The first kappa shape index (κ1) is 34.5. The number of ether oxygens (including phenoxy) is 1. The molecule has 248 valence electrons. The van der Waals surface area contributed by atoms with Crippen molar-refractivity contribution in [3.05, 3.63) is 36.2 Å². The van der Waals surface area contributed by atoms with Crippen molar-refractivity contribution in [3.63, 3.8) is 0 Å². The van der Waals surface area contributed by atoms with Gasteiger partial charge in [-0.15, -0.1) is 0 Å². The molecule has 1 aliphatic carbocycles. The number of carbonyl (C=O) groups is 1. The molecule has 2 aliphatic rings. The lowest BCUT2D eigenvalue weighted by molar-refractivity contribution is -0.140. The molecule has 0 radical (unpaired) electrons. The molecule has 2 heterocycles. The van der Waals surface area contributed by atoms with Gasteiger partial charge in [0, 0.05) is 49.7 Å². The number of hydrogen-bond acceptors (Lipinski definition) is 12. The number of benzene rings is 1. The Morgan fingerprint density at radius 1 is 1.00 bits per heavy atom. The monoisotopic (exact) mass is 622 g/mol. The molecular weight excluding hydrogens is 568 g/mol. The molecule has 1 aromatic heterocycles. The summed E-state index contributed by atoms with van der Waals surface area (Å²) in [5, 5.41) is 22.1. The molecule has 4 rings (SSSR count). The van der Waals surface area contributed by atoms with Crippen LogP contribution in [0, 0.1) is 5.53 Å². The molecule has 0 bridgehead atoms. The lowest BCUT2D eigenvalue weighted by Gasteiger charge is -2.32. The number of para-hydroxylation sites is 1. The van der Waals surface area contributed by atoms with Crippen LogP contribution in [0.2, 0.25) is 0 Å². The number of likely N-dealkylation sites (tertiary alicyclic amines) is 1. The molecule has 2 aromatic rings. The number of fused-ring (bicyclic) bond motifs is 1. The van der Waals surface area contributed by atoms with Crippen LogP contribution in [-0.2, 0) is 9.53 Å². The van der Waals surface area contributed by atoms with E-state index in [2.05, 4.69) is 36.6 Å². The molecule has 0 atom stereocenters. The maximum atomic E-state index is 11.4. The summed E-state index contributed by atoms with van der Waals surface area (Å²) in [6.45, 7) is 7.13. The average molecular weight is 623 g/mol. The summed E-state index contributed by atoms with van der Waals surface area (Å²) >= 11 is 0. The zero-order valence-corrected chi connectivity index (χ0v) is 27.1. The minimum absolute atomic E-state index is 0.145. The van der Waals surface area contributed by atoms with Gasteiger partial charge in [-0.1, -0.05) is 31.4 Å². The lowest BCUT2D eigenvalue weighted by atomic mass is 9.95. The second-order valence-electron chi connectivity index (χ2n) is 12.2. The van der Waals surface area contributed by atoms with E-state index in [1.54, 1.807) is 6.20 Å². The highest BCUT2D eigenvalue weighted by atomic mass is 16.5. The number of anilines is 2. The van der Waals surface area contributed by atoms with Crippen LogP contribution >= 0.6 is 0 Å². The van der Waals surface area contributed by atoms with Crippen molar-refractivity contribution in [2.24, 2.45) is 5.11 Å². The van der Waals surface area contributed by atoms with Gasteiger partial charge in [-0.3, -0.25) is 4.79 Å². The number of rotatable bonds is 20. The number of carbonyl (C=O) groups excluding carboxylic acids is 1. The Morgan fingerprint density at radius 2 is 1.78 bits per heavy atom. The first-order valence-electron chi connectivity index (χ1n) is 16.9. The first-order chi connectivity index (χ1) is 22.1. The van der Waals surface area contributed by atoms with Crippen molar-refractivity contribution in [1.29, 1.82) is 5.53 Å². The third-order valence-corrected chi connectivity index (χ3v) is 8.70. The summed E-state index contributed by atoms with van der Waals surface area (Å²) in [7, 11) is 1.44. The van der Waals surface area contributed by atoms with Gasteiger partial charge >= 0.3 is 5.97 Å². The molecular formula is C33H54N10O2. The number of methoxy groups -OCH3 is 1. The predicted octanol–water partition coefficient (Wildman–Crippen LogP) is 4.63. The first-order valence-corrected chi connectivity index (χ1v) is 16.9. The molecule has 1 saturated carbocycles. The van der Waals surface area contributed by atoms with E-state index >= 15 is 0 Å². The van der Waals surface area contributed by atoms with Crippen molar-refractivity contribution in [1.82, 2.24) is 30.8 Å². The fourth-order valence-electron chi connectivity index (χ4n) is 6.06. The van der Waals surface area contributed by atoms with Crippen molar-refractivity contribution in [2.45, 2.75) is 82.7 Å². The fourth-order valence-corrected chi connectivity index (χ4v) is 6.06. The van der Waals surface area contributed by atoms with Crippen molar-refractivity contribution in [3.8, 4) is 0 Å². The molecule has 0 amide bonds. The number of nitrogens with one attached hydrogen (secondary N) is 6. The van der Waals surface area contributed by atoms with E-state index in [4.69, 9.17) is 20.2 Å². The highest BCUT2D eigenvalue weighted by Crippen LogP contribution is 2.25. The molecule has 12 nitrogen and oxygen atoms in total. The van der Waals surface area contributed by atoms with Crippen LogP contribution < -0.4 is 26.6 Å². The molecule has 0 spiro atoms. The fraction of sp³-hybridized carbons (Fsp3) is 0.667. The summed E-state index contributed by atoms with van der Waals surface area (Å²) in [6, 6.07) is 9.06. The van der Waals surface area contributed by atoms with E-state index in [0.29, 0.717) is 30.7 Å². The van der Waals surface area contributed by atoms with E-state index in [0.717, 1.165) is 101 Å². The van der Waals surface area contributed by atoms with Gasteiger partial charge in [0.25, 0.3) is 0 Å². The van der Waals surface area contributed by atoms with Gasteiger partial charge in [0.2, 0.25) is 5.95 Å². The Morgan fingerprint density at radius 3 is 2.56 bits per heavy atom. The van der Waals surface area contributed by atoms with E-state index < -0.39 is 0 Å². The Balaban J connectivity index is 1.16. The number of hydrogen-bond donors (Lipinski definition) is 6. The average Bonchev–Trinajstić information content (AvgIpc) is 3.08. The van der Waals surface area contributed by atoms with Gasteiger partial charge in [-0.05, 0) is 83.3 Å². The van der Waals surface area contributed by atoms with Crippen molar-refractivity contribution < 1.29 is 9.53 Å². The largest absolute Gasteiger partial charge is 0.469 e. The molecule has 1 aromatic carbocycles. The quantitative estimate of drug-likeness (QED) is 0.0701. The molecule has 0 unspecified atom stereocenters. The highest BCUT2D eigenvalue weighted by Gasteiger charge is 2.21. The summed E-state index contributed by atoms with van der Waals surface area (Å²) in [6.07, 6.45) is 14.1. The van der Waals surface area contributed by atoms with Crippen LogP contribution in [-0.4, -0.2) is 92.4 Å². The lowest BCUT2D eigenvalue weighted by Crippen LogP contribution is -2.39. The Kier molecular flexibility index (Phi) is 15.3. The number of piperidine rings is 1. The minimum atomic E-state index is -0.145. The van der Waals surface area contributed by atoms with Gasteiger partial charge < -0.3 is 36.2 Å². The van der Waals surface area contributed by atoms with Crippen LogP contribution in [0.5, 0.6) is 0 Å². The topological polar surface area (TPSA) is 152 Å². The van der Waals surface area contributed by atoms with Crippen LogP contribution in [0.15, 0.2) is 41.3 Å². The SMILES string of the molecule is COC(=O)CCCN1CCC(Nc2nc(NC/C(=C/NCCCNCCCNC3CCCCC3)N=N)nc3ccccc23)CC1. The van der Waals surface area contributed by atoms with Gasteiger partial charge in [0.05, 0.1) is 24.9 Å². The van der Waals surface area contributed by atoms with Gasteiger partial charge in [0.1, 0.15) is 5.82 Å². The standard InChI is InChI=1S/C33H54N10O2/c1-45-31(44)14-7-21-43-22-15-27(16-23-43)39-32-29-12-5-6-13-30(29)40-33(41-32)38-25-28(42-34)24-36-19-8-17-35-18-9-20-37-26-10-3-2-4-11-26/h5-6,12-13,24,26-27,34-37H,2-4,7-11,14-23,25H2,1H3,(H2,38,39,40,41)/b28-24-,42-34?. The summed E-state index contributed by atoms with van der Waals surface area (Å²) in [5.41, 5.74) is 9.07. The summed E-state index contributed by atoms with van der Waals surface area (Å²) in [5.74, 6) is 1.18. The molecule has 45 heavy (non-hydrogen) atoms. The highest BCUT2D eigenvalue weighted by molar-refractivity contribution is 5.90. The van der Waals surface area contributed by atoms with E-state index in [1.807, 2.05) is 24.3 Å². The van der Waals surface area contributed by atoms with Crippen molar-refractivity contribution in [2.75, 3.05) is 70.1 Å². The van der Waals surface area contributed by atoms with Crippen molar-refractivity contribution >= 4 is 28.6 Å². The molecule has 1 saturated heterocycles. The number of esters is 1. The van der Waals surface area contributed by atoms with E-state index in [9.17, 15) is 4.79 Å². The second kappa shape index (κ2) is 19.9. The van der Waals surface area contributed by atoms with E-state index in [-0.39, 0.29) is 5.97 Å². The molecule has 12 heteroatoms. The Labute approximate surface area is 268 Å². The third-order valence-electron chi connectivity index (χ3n) is 8.70. The second-order valence-corrected chi connectivity index (χ2v) is 12.2. The van der Waals surface area contributed by atoms with Crippen LogP contribution in [0.3, 0.4) is 0 Å². The Hall–Kier alpha value is -3.35. The molecule has 6 N–H and O–H groups in total. The molecule has 1 aliphatic heterocycles. The Bertz CT molecular complexity index is 1200. The normalized spacial score (nSPS) is 16.9. The van der Waals surface area contributed by atoms with E-state index in [1.165, 1.54) is 39.2 Å². The van der Waals surface area contributed by atoms with Crippen LogP contribution in [0.25, 0.3) is 10.9 Å². The minimum Gasteiger partial charge on any atom is -0.469 e.